The van der Waals surface area contributed by atoms with Gasteiger partial charge in [-0.15, -0.1) is 11.8 Å². The first kappa shape index (κ1) is 14.9. The summed E-state index contributed by atoms with van der Waals surface area (Å²) < 4.78 is 0. The smallest absolute Gasteiger partial charge is 0.253 e. The third-order valence-corrected chi connectivity index (χ3v) is 4.50. The molecule has 1 aliphatic rings. The van der Waals surface area contributed by atoms with Gasteiger partial charge in [-0.1, -0.05) is 15.9 Å². The van der Waals surface area contributed by atoms with Crippen LogP contribution in [0.3, 0.4) is 0 Å². The molecule has 1 aromatic carbocycles. The second-order valence-corrected chi connectivity index (χ2v) is 6.22. The zero-order valence-corrected chi connectivity index (χ0v) is 13.5. The van der Waals surface area contributed by atoms with Gasteiger partial charge in [0.05, 0.1) is 0 Å². The van der Waals surface area contributed by atoms with Crippen LogP contribution in [0.25, 0.3) is 0 Å². The van der Waals surface area contributed by atoms with E-state index in [0.717, 1.165) is 43.6 Å². The van der Waals surface area contributed by atoms with Gasteiger partial charge >= 0.3 is 0 Å². The van der Waals surface area contributed by atoms with Crippen LogP contribution in [0.4, 0.5) is 0 Å². The number of nitrogens with zero attached hydrogens (tertiary/aromatic N) is 2. The zero-order valence-electron chi connectivity index (χ0n) is 11.1. The van der Waals surface area contributed by atoms with E-state index in [9.17, 15) is 4.79 Å². The van der Waals surface area contributed by atoms with Gasteiger partial charge in [-0.05, 0) is 30.5 Å². The normalized spacial score (nSPS) is 16.6. The quantitative estimate of drug-likeness (QED) is 0.620. The third-order valence-electron chi connectivity index (χ3n) is 3.40. The lowest BCUT2D eigenvalue weighted by molar-refractivity contribution is 0.0645. The first-order chi connectivity index (χ1) is 9.24. The number of benzene rings is 1. The topological polar surface area (TPSA) is 23.6 Å². The highest BCUT2D eigenvalue weighted by Crippen LogP contribution is 2.16. The zero-order chi connectivity index (χ0) is 13.7. The number of hydrogen-bond donors (Lipinski definition) is 0. The first-order valence-corrected chi connectivity index (χ1v) is 8.81. The van der Waals surface area contributed by atoms with Crippen LogP contribution in [0.1, 0.15) is 10.4 Å². The number of thioether (sulfide) groups is 1. The molecule has 0 bridgehead atoms. The van der Waals surface area contributed by atoms with Crippen molar-refractivity contribution < 1.29 is 4.79 Å². The Morgan fingerprint density at radius 3 is 2.37 bits per heavy atom. The number of rotatable bonds is 4. The standard InChI is InChI=1S/C14H19BrN2OS/c1-19-13-4-2-12(3-5-13)14(18)17-10-8-16(7-6-15)9-11-17/h2-5H,6-11H2,1H3. The molecule has 0 radical (unpaired) electrons. The molecule has 2 rings (SSSR count). The minimum Gasteiger partial charge on any atom is -0.336 e. The second-order valence-electron chi connectivity index (χ2n) is 4.55. The van der Waals surface area contributed by atoms with Crippen molar-refractivity contribution in [2.45, 2.75) is 4.90 Å². The van der Waals surface area contributed by atoms with Crippen molar-refractivity contribution in [1.82, 2.24) is 9.80 Å². The minimum absolute atomic E-state index is 0.158. The van der Waals surface area contributed by atoms with Gasteiger partial charge in [0.1, 0.15) is 0 Å². The van der Waals surface area contributed by atoms with Crippen molar-refractivity contribution in [1.29, 1.82) is 0 Å². The van der Waals surface area contributed by atoms with Crippen LogP contribution >= 0.6 is 27.7 Å². The summed E-state index contributed by atoms with van der Waals surface area (Å²) in [6.45, 7) is 4.66. The van der Waals surface area contributed by atoms with Gasteiger partial charge in [0.2, 0.25) is 0 Å². The predicted molar refractivity (Wildman–Crippen MR) is 84.4 cm³/mol. The van der Waals surface area contributed by atoms with Crippen LogP contribution < -0.4 is 0 Å². The summed E-state index contributed by atoms with van der Waals surface area (Å²) >= 11 is 5.15. The Morgan fingerprint density at radius 1 is 1.21 bits per heavy atom. The summed E-state index contributed by atoms with van der Waals surface area (Å²) in [5, 5.41) is 0.997. The van der Waals surface area contributed by atoms with Gasteiger partial charge in [-0.2, -0.15) is 0 Å². The van der Waals surface area contributed by atoms with E-state index in [1.54, 1.807) is 11.8 Å². The van der Waals surface area contributed by atoms with Crippen LogP contribution in [-0.4, -0.2) is 60.0 Å². The predicted octanol–water partition coefficient (Wildman–Crippen LogP) is 2.56. The van der Waals surface area contributed by atoms with Gasteiger partial charge < -0.3 is 4.90 Å². The molecule has 3 nitrogen and oxygen atoms in total. The average Bonchev–Trinajstić information content (AvgIpc) is 2.48. The summed E-state index contributed by atoms with van der Waals surface area (Å²) in [6.07, 6.45) is 2.04. The maximum Gasteiger partial charge on any atom is 0.253 e. The maximum absolute atomic E-state index is 12.4. The number of carbonyl (C=O) groups is 1. The van der Waals surface area contributed by atoms with E-state index in [1.807, 2.05) is 35.4 Å². The van der Waals surface area contributed by atoms with E-state index in [0.29, 0.717) is 0 Å². The Kier molecular flexibility index (Phi) is 5.73. The van der Waals surface area contributed by atoms with Crippen LogP contribution in [0.15, 0.2) is 29.2 Å². The number of piperazine rings is 1. The van der Waals surface area contributed by atoms with E-state index in [4.69, 9.17) is 0 Å². The summed E-state index contributed by atoms with van der Waals surface area (Å²) in [6, 6.07) is 7.88. The Bertz CT molecular complexity index is 416. The first-order valence-electron chi connectivity index (χ1n) is 6.46. The second kappa shape index (κ2) is 7.31. The van der Waals surface area contributed by atoms with Crippen LogP contribution in [0, 0.1) is 0 Å². The number of hydrogen-bond acceptors (Lipinski definition) is 3. The fourth-order valence-electron chi connectivity index (χ4n) is 2.21. The van der Waals surface area contributed by atoms with E-state index in [-0.39, 0.29) is 5.91 Å². The van der Waals surface area contributed by atoms with Crippen LogP contribution in [-0.2, 0) is 0 Å². The van der Waals surface area contributed by atoms with E-state index < -0.39 is 0 Å². The average molecular weight is 343 g/mol. The molecule has 1 saturated heterocycles. The largest absolute Gasteiger partial charge is 0.336 e. The lowest BCUT2D eigenvalue weighted by Crippen LogP contribution is -2.49. The number of amides is 1. The summed E-state index contributed by atoms with van der Waals surface area (Å²) in [5.41, 5.74) is 0.798. The number of halogens is 1. The molecule has 0 spiro atoms. The Labute approximate surface area is 127 Å². The molecule has 0 aromatic heterocycles. The van der Waals surface area contributed by atoms with Gasteiger partial charge in [-0.3, -0.25) is 9.69 Å². The van der Waals surface area contributed by atoms with Crippen molar-refractivity contribution in [2.24, 2.45) is 0 Å². The van der Waals surface area contributed by atoms with Crippen molar-refractivity contribution in [3.63, 3.8) is 0 Å². The molecular formula is C14H19BrN2OS. The molecule has 5 heteroatoms. The number of alkyl halides is 1. The Balaban J connectivity index is 1.93. The highest BCUT2D eigenvalue weighted by molar-refractivity contribution is 9.09. The Morgan fingerprint density at radius 2 is 1.84 bits per heavy atom. The molecule has 1 fully saturated rings. The molecule has 1 heterocycles. The summed E-state index contributed by atoms with van der Waals surface area (Å²) in [7, 11) is 0. The summed E-state index contributed by atoms with van der Waals surface area (Å²) in [4.78, 5) is 17.9. The van der Waals surface area contributed by atoms with Crippen molar-refractivity contribution in [3.05, 3.63) is 29.8 Å². The van der Waals surface area contributed by atoms with Gasteiger partial charge in [0.15, 0.2) is 0 Å². The van der Waals surface area contributed by atoms with Gasteiger partial charge in [-0.25, -0.2) is 0 Å². The monoisotopic (exact) mass is 342 g/mol. The molecule has 1 amide bonds. The van der Waals surface area contributed by atoms with E-state index >= 15 is 0 Å². The molecule has 0 atom stereocenters. The Hall–Kier alpha value is -0.520. The highest BCUT2D eigenvalue weighted by Gasteiger charge is 2.21. The fourth-order valence-corrected chi connectivity index (χ4v) is 3.12. The molecule has 1 aliphatic heterocycles. The van der Waals surface area contributed by atoms with Crippen LogP contribution in [0.5, 0.6) is 0 Å². The molecule has 104 valence electrons. The lowest BCUT2D eigenvalue weighted by Gasteiger charge is -2.34. The van der Waals surface area contributed by atoms with E-state index in [1.165, 1.54) is 4.90 Å². The molecular weight excluding hydrogens is 324 g/mol. The summed E-state index contributed by atoms with van der Waals surface area (Å²) in [5.74, 6) is 0.158. The molecule has 0 saturated carbocycles. The maximum atomic E-state index is 12.4. The van der Waals surface area contributed by atoms with E-state index in [2.05, 4.69) is 20.8 Å². The van der Waals surface area contributed by atoms with Crippen LogP contribution in [0.2, 0.25) is 0 Å². The molecule has 19 heavy (non-hydrogen) atoms. The molecule has 0 aliphatic carbocycles. The van der Waals surface area contributed by atoms with Crippen molar-refractivity contribution in [3.8, 4) is 0 Å². The molecule has 0 N–H and O–H groups in total. The van der Waals surface area contributed by atoms with Crippen molar-refractivity contribution >= 4 is 33.6 Å². The minimum atomic E-state index is 0.158. The lowest BCUT2D eigenvalue weighted by atomic mass is 10.2. The van der Waals surface area contributed by atoms with Gasteiger partial charge in [0.25, 0.3) is 5.91 Å². The molecule has 0 unspecified atom stereocenters. The fraction of sp³-hybridized carbons (Fsp3) is 0.500. The third kappa shape index (κ3) is 3.97. The number of carbonyl (C=O) groups excluding carboxylic acids is 1. The SMILES string of the molecule is CSc1ccc(C(=O)N2CCN(CCBr)CC2)cc1. The van der Waals surface area contributed by atoms with Gasteiger partial charge in [0, 0.05) is 48.5 Å². The van der Waals surface area contributed by atoms with Crippen molar-refractivity contribution in [2.75, 3.05) is 44.3 Å². The molecule has 1 aromatic rings. The highest BCUT2D eigenvalue weighted by atomic mass is 79.9.